The lowest BCUT2D eigenvalue weighted by molar-refractivity contribution is 0.0277. The highest BCUT2D eigenvalue weighted by Crippen LogP contribution is 2.48. The molecule has 1 spiro atoms. The predicted octanol–water partition coefficient (Wildman–Crippen LogP) is 2.33. The highest BCUT2D eigenvalue weighted by molar-refractivity contribution is 5.05. The number of nitrogens with one attached hydrogen (secondary N) is 2. The minimum absolute atomic E-state index is 0.0120. The van der Waals surface area contributed by atoms with E-state index in [0.29, 0.717) is 23.6 Å². The third-order valence-corrected chi connectivity index (χ3v) is 5.80. The van der Waals surface area contributed by atoms with Crippen LogP contribution in [-0.2, 0) is 11.3 Å². The first-order chi connectivity index (χ1) is 11.7. The summed E-state index contributed by atoms with van der Waals surface area (Å²) in [7, 11) is 0. The van der Waals surface area contributed by atoms with E-state index in [1.807, 2.05) is 13.8 Å². The Balaban J connectivity index is 1.58. The smallest absolute Gasteiger partial charge is 0.328 e. The average Bonchev–Trinajstić information content (AvgIpc) is 2.83. The van der Waals surface area contributed by atoms with E-state index in [1.165, 1.54) is 12.8 Å². The van der Waals surface area contributed by atoms with Gasteiger partial charge in [-0.1, -0.05) is 0 Å². The number of hydrogen-bond donors (Lipinski definition) is 2. The maximum atomic E-state index is 12.0. The molecular formula is C19H31N3O3. The molecule has 6 nitrogen and oxygen atoms in total. The fraction of sp³-hybridized carbons (Fsp3) is 0.789. The molecule has 1 aliphatic carbocycles. The van der Waals surface area contributed by atoms with Crippen LogP contribution >= 0.6 is 0 Å². The van der Waals surface area contributed by atoms with E-state index in [9.17, 15) is 9.59 Å². The Bertz CT molecular complexity index is 724. The van der Waals surface area contributed by atoms with E-state index >= 15 is 0 Å². The standard InChI is InChI=1S/C19H31N3O3/c1-13(2)22-10-14(16(23)21-17(22)24)9-20-15-5-7-19(8-6-15)11-18(3,4)25-12-19/h10,13,15,20H,5-9,11-12H2,1-4H3,(H,21,23,24). The van der Waals surface area contributed by atoms with E-state index in [-0.39, 0.29) is 22.9 Å². The van der Waals surface area contributed by atoms with Gasteiger partial charge in [0.2, 0.25) is 0 Å². The number of nitrogens with zero attached hydrogens (tertiary/aromatic N) is 1. The van der Waals surface area contributed by atoms with Gasteiger partial charge >= 0.3 is 5.69 Å². The van der Waals surface area contributed by atoms with Gasteiger partial charge in [0.25, 0.3) is 5.56 Å². The third-order valence-electron chi connectivity index (χ3n) is 5.80. The van der Waals surface area contributed by atoms with Crippen molar-refractivity contribution in [1.29, 1.82) is 0 Å². The van der Waals surface area contributed by atoms with Crippen LogP contribution in [0.3, 0.4) is 0 Å². The predicted molar refractivity (Wildman–Crippen MR) is 97.9 cm³/mol. The molecule has 2 aliphatic rings. The molecule has 3 rings (SSSR count). The van der Waals surface area contributed by atoms with Crippen molar-refractivity contribution in [2.24, 2.45) is 5.41 Å². The molecule has 0 aromatic carbocycles. The van der Waals surface area contributed by atoms with Gasteiger partial charge in [0, 0.05) is 30.4 Å². The van der Waals surface area contributed by atoms with Gasteiger partial charge in [-0.2, -0.15) is 0 Å². The van der Waals surface area contributed by atoms with Crippen molar-refractivity contribution < 1.29 is 4.74 Å². The van der Waals surface area contributed by atoms with Crippen molar-refractivity contribution in [2.75, 3.05) is 6.61 Å². The molecule has 0 bridgehead atoms. The Morgan fingerprint density at radius 3 is 2.56 bits per heavy atom. The lowest BCUT2D eigenvalue weighted by Gasteiger charge is -2.37. The van der Waals surface area contributed by atoms with Crippen molar-refractivity contribution >= 4 is 0 Å². The highest BCUT2D eigenvalue weighted by Gasteiger charge is 2.45. The lowest BCUT2D eigenvalue weighted by Crippen LogP contribution is -2.40. The highest BCUT2D eigenvalue weighted by atomic mass is 16.5. The minimum atomic E-state index is -0.341. The molecule has 1 saturated heterocycles. The zero-order valence-electron chi connectivity index (χ0n) is 15.9. The normalized spacial score (nSPS) is 28.8. The zero-order valence-corrected chi connectivity index (χ0v) is 15.9. The fourth-order valence-corrected chi connectivity index (χ4v) is 4.40. The molecule has 1 aromatic heterocycles. The maximum Gasteiger partial charge on any atom is 0.328 e. The zero-order chi connectivity index (χ0) is 18.2. The Morgan fingerprint density at radius 1 is 1.32 bits per heavy atom. The van der Waals surface area contributed by atoms with Crippen LogP contribution in [-0.4, -0.2) is 27.8 Å². The topological polar surface area (TPSA) is 76.1 Å². The van der Waals surface area contributed by atoms with Gasteiger partial charge in [-0.15, -0.1) is 0 Å². The van der Waals surface area contributed by atoms with Crippen LogP contribution in [0.1, 0.15) is 71.4 Å². The molecule has 0 amide bonds. The van der Waals surface area contributed by atoms with Gasteiger partial charge in [-0.25, -0.2) is 4.79 Å². The van der Waals surface area contributed by atoms with Crippen LogP contribution in [0.25, 0.3) is 0 Å². The summed E-state index contributed by atoms with van der Waals surface area (Å²) in [5.41, 5.74) is 0.362. The fourth-order valence-electron chi connectivity index (χ4n) is 4.40. The number of hydrogen-bond acceptors (Lipinski definition) is 4. The van der Waals surface area contributed by atoms with Gasteiger partial charge < -0.3 is 10.1 Å². The molecule has 140 valence electrons. The average molecular weight is 349 g/mol. The summed E-state index contributed by atoms with van der Waals surface area (Å²) >= 11 is 0. The SMILES string of the molecule is CC(C)n1cc(CNC2CCC3(CC2)COC(C)(C)C3)c(=O)[nH]c1=O. The van der Waals surface area contributed by atoms with E-state index in [4.69, 9.17) is 4.74 Å². The van der Waals surface area contributed by atoms with Crippen molar-refractivity contribution in [2.45, 2.75) is 84.0 Å². The molecule has 0 radical (unpaired) electrons. The summed E-state index contributed by atoms with van der Waals surface area (Å²) in [5.74, 6) is 0. The summed E-state index contributed by atoms with van der Waals surface area (Å²) in [5, 5.41) is 3.52. The van der Waals surface area contributed by atoms with Crippen molar-refractivity contribution in [1.82, 2.24) is 14.9 Å². The Kier molecular flexibility index (Phi) is 4.95. The van der Waals surface area contributed by atoms with Crippen LogP contribution in [0.2, 0.25) is 0 Å². The largest absolute Gasteiger partial charge is 0.375 e. The Labute approximate surface area is 149 Å². The maximum absolute atomic E-state index is 12.0. The van der Waals surface area contributed by atoms with Crippen LogP contribution < -0.4 is 16.6 Å². The molecular weight excluding hydrogens is 318 g/mol. The van der Waals surface area contributed by atoms with E-state index in [2.05, 4.69) is 24.1 Å². The van der Waals surface area contributed by atoms with Crippen LogP contribution in [0, 0.1) is 5.41 Å². The lowest BCUT2D eigenvalue weighted by atomic mass is 9.70. The quantitative estimate of drug-likeness (QED) is 0.875. The van der Waals surface area contributed by atoms with E-state index in [1.54, 1.807) is 10.8 Å². The first-order valence-electron chi connectivity index (χ1n) is 9.41. The molecule has 1 aromatic rings. The second kappa shape index (κ2) is 6.72. The minimum Gasteiger partial charge on any atom is -0.375 e. The Hall–Kier alpha value is -1.40. The number of aromatic nitrogens is 2. The first kappa shape index (κ1) is 18.4. The number of rotatable bonds is 4. The second-order valence-corrected chi connectivity index (χ2v) is 8.79. The molecule has 6 heteroatoms. The van der Waals surface area contributed by atoms with Crippen molar-refractivity contribution in [3.63, 3.8) is 0 Å². The van der Waals surface area contributed by atoms with E-state index in [0.717, 1.165) is 25.9 Å². The summed E-state index contributed by atoms with van der Waals surface area (Å²) in [4.78, 5) is 26.3. The molecule has 1 saturated carbocycles. The summed E-state index contributed by atoms with van der Waals surface area (Å²) in [6.07, 6.45) is 7.41. The Morgan fingerprint density at radius 2 is 2.00 bits per heavy atom. The molecule has 1 aliphatic heterocycles. The number of ether oxygens (including phenoxy) is 1. The number of aromatic amines is 1. The molecule has 0 unspecified atom stereocenters. The summed E-state index contributed by atoms with van der Waals surface area (Å²) in [6.45, 7) is 9.61. The van der Waals surface area contributed by atoms with Crippen LogP contribution in [0.5, 0.6) is 0 Å². The van der Waals surface area contributed by atoms with E-state index < -0.39 is 0 Å². The molecule has 25 heavy (non-hydrogen) atoms. The van der Waals surface area contributed by atoms with Crippen LogP contribution in [0.4, 0.5) is 0 Å². The van der Waals surface area contributed by atoms with Crippen molar-refractivity contribution in [3.05, 3.63) is 32.6 Å². The van der Waals surface area contributed by atoms with Gasteiger partial charge in [0.1, 0.15) is 0 Å². The van der Waals surface area contributed by atoms with Crippen LogP contribution in [0.15, 0.2) is 15.8 Å². The number of H-pyrrole nitrogens is 1. The monoisotopic (exact) mass is 349 g/mol. The summed E-state index contributed by atoms with van der Waals surface area (Å²) in [6, 6.07) is 0.455. The van der Waals surface area contributed by atoms with Gasteiger partial charge in [0.15, 0.2) is 0 Å². The molecule has 0 atom stereocenters. The first-order valence-corrected chi connectivity index (χ1v) is 9.41. The summed E-state index contributed by atoms with van der Waals surface area (Å²) < 4.78 is 7.54. The van der Waals surface area contributed by atoms with Gasteiger partial charge in [-0.05, 0) is 65.2 Å². The van der Waals surface area contributed by atoms with Gasteiger partial charge in [0.05, 0.1) is 12.2 Å². The molecule has 2 N–H and O–H groups in total. The second-order valence-electron chi connectivity index (χ2n) is 8.79. The molecule has 2 heterocycles. The van der Waals surface area contributed by atoms with Gasteiger partial charge in [-0.3, -0.25) is 14.3 Å². The molecule has 2 fully saturated rings. The third kappa shape index (κ3) is 4.06. The van der Waals surface area contributed by atoms with Crippen molar-refractivity contribution in [3.8, 4) is 0 Å².